The molecule has 1 saturated heterocycles. The van der Waals surface area contributed by atoms with Gasteiger partial charge >= 0.3 is 0 Å². The average molecular weight is 450 g/mol. The molecule has 0 atom stereocenters. The average Bonchev–Trinajstić information content (AvgIpc) is 2.72. The second-order valence-electron chi connectivity index (χ2n) is 6.67. The third kappa shape index (κ3) is 4.45. The molecule has 4 rings (SSSR count). The smallest absolute Gasteiger partial charge is 0.159 e. The Kier molecular flexibility index (Phi) is 5.85. The van der Waals surface area contributed by atoms with Crippen LogP contribution in [-0.4, -0.2) is 36.1 Å². The number of hydrogen-bond donors (Lipinski definition) is 2. The Labute approximate surface area is 184 Å². The summed E-state index contributed by atoms with van der Waals surface area (Å²) in [4.78, 5) is 13.2. The van der Waals surface area contributed by atoms with E-state index in [1.165, 1.54) is 6.33 Å². The van der Waals surface area contributed by atoms with Gasteiger partial charge in [-0.3, -0.25) is 0 Å². The molecule has 6 nitrogen and oxygen atoms in total. The molecule has 1 fully saturated rings. The monoisotopic (exact) mass is 448 g/mol. The zero-order valence-electron chi connectivity index (χ0n) is 15.4. The molecule has 0 amide bonds. The molecule has 0 spiro atoms. The molecule has 29 heavy (non-hydrogen) atoms. The molecule has 0 saturated carbocycles. The largest absolute Gasteiger partial charge is 0.393 e. The number of nitrogens with one attached hydrogen (secondary N) is 1. The van der Waals surface area contributed by atoms with Crippen molar-refractivity contribution >= 4 is 63.5 Å². The van der Waals surface area contributed by atoms with Crippen LogP contribution in [0.15, 0.2) is 48.8 Å². The Bertz CT molecular complexity index is 1020. The van der Waals surface area contributed by atoms with Crippen LogP contribution in [-0.2, 0) is 0 Å². The molecular weight excluding hydrogens is 431 g/mol. The van der Waals surface area contributed by atoms with Crippen LogP contribution >= 0.6 is 34.8 Å². The van der Waals surface area contributed by atoms with E-state index >= 15 is 0 Å². The number of hydrogen-bond acceptors (Lipinski definition) is 6. The Morgan fingerprint density at radius 2 is 1.62 bits per heavy atom. The molecule has 3 N–H and O–H groups in total. The molecule has 0 radical (unpaired) electrons. The van der Waals surface area contributed by atoms with E-state index in [9.17, 15) is 0 Å². The number of aromatic nitrogens is 2. The van der Waals surface area contributed by atoms with Crippen LogP contribution in [0.5, 0.6) is 0 Å². The van der Waals surface area contributed by atoms with Gasteiger partial charge < -0.3 is 20.9 Å². The number of benzene rings is 2. The van der Waals surface area contributed by atoms with Gasteiger partial charge in [0.15, 0.2) is 11.6 Å². The van der Waals surface area contributed by atoms with Gasteiger partial charge in [0, 0.05) is 42.6 Å². The number of piperazine rings is 1. The summed E-state index contributed by atoms with van der Waals surface area (Å²) in [5.74, 6) is 1.25. The Hall–Kier alpha value is -2.41. The van der Waals surface area contributed by atoms with Crippen molar-refractivity contribution in [2.45, 2.75) is 0 Å². The third-order valence-electron chi connectivity index (χ3n) is 4.80. The van der Waals surface area contributed by atoms with E-state index in [2.05, 4.69) is 31.2 Å². The standard InChI is InChI=1S/C20H19Cl3N6/c21-13-2-1-3-15(10-13)28-6-8-29(9-7-28)20-18(24)19(25-12-26-20)27-14-4-5-16(22)17(23)11-14/h1-5,10-12H,6-9,24H2,(H,25,26,27). The summed E-state index contributed by atoms with van der Waals surface area (Å²) in [6, 6.07) is 13.2. The molecule has 0 bridgehead atoms. The number of halogens is 3. The van der Waals surface area contributed by atoms with Crippen LogP contribution < -0.4 is 20.9 Å². The number of nitrogen functional groups attached to an aromatic ring is 1. The molecule has 2 heterocycles. The minimum absolute atomic E-state index is 0.460. The number of nitrogens with two attached hydrogens (primary N) is 1. The van der Waals surface area contributed by atoms with Crippen molar-refractivity contribution in [2.24, 2.45) is 0 Å². The maximum Gasteiger partial charge on any atom is 0.159 e. The first-order valence-electron chi connectivity index (χ1n) is 9.09. The van der Waals surface area contributed by atoms with Gasteiger partial charge in [0.1, 0.15) is 12.0 Å². The highest BCUT2D eigenvalue weighted by atomic mass is 35.5. The number of nitrogens with zero attached hydrogens (tertiary/aromatic N) is 4. The third-order valence-corrected chi connectivity index (χ3v) is 5.77. The van der Waals surface area contributed by atoms with Crippen LogP contribution in [0.4, 0.5) is 28.7 Å². The van der Waals surface area contributed by atoms with Crippen LogP contribution in [0, 0.1) is 0 Å². The Morgan fingerprint density at radius 3 is 2.34 bits per heavy atom. The fourth-order valence-corrected chi connectivity index (χ4v) is 3.78. The zero-order chi connectivity index (χ0) is 20.4. The normalized spacial score (nSPS) is 14.2. The maximum atomic E-state index is 6.38. The lowest BCUT2D eigenvalue weighted by Gasteiger charge is -2.37. The molecular formula is C20H19Cl3N6. The lowest BCUT2D eigenvalue weighted by Crippen LogP contribution is -2.47. The highest BCUT2D eigenvalue weighted by molar-refractivity contribution is 6.42. The van der Waals surface area contributed by atoms with Gasteiger partial charge in [-0.05, 0) is 36.4 Å². The highest BCUT2D eigenvalue weighted by Crippen LogP contribution is 2.32. The first-order chi connectivity index (χ1) is 14.0. The number of anilines is 5. The van der Waals surface area contributed by atoms with Gasteiger partial charge in [-0.1, -0.05) is 40.9 Å². The molecule has 0 unspecified atom stereocenters. The zero-order valence-corrected chi connectivity index (χ0v) is 17.7. The lowest BCUT2D eigenvalue weighted by molar-refractivity contribution is 0.647. The summed E-state index contributed by atoms with van der Waals surface area (Å²) < 4.78 is 0. The summed E-state index contributed by atoms with van der Waals surface area (Å²) in [6.45, 7) is 3.28. The highest BCUT2D eigenvalue weighted by Gasteiger charge is 2.21. The van der Waals surface area contributed by atoms with E-state index in [1.807, 2.05) is 24.3 Å². The summed E-state index contributed by atoms with van der Waals surface area (Å²) in [5, 5.41) is 4.88. The van der Waals surface area contributed by atoms with Crippen LogP contribution in [0.3, 0.4) is 0 Å². The molecule has 3 aromatic rings. The fraction of sp³-hybridized carbons (Fsp3) is 0.200. The van der Waals surface area contributed by atoms with E-state index in [1.54, 1.807) is 12.1 Å². The molecule has 2 aromatic carbocycles. The molecule has 1 aliphatic rings. The van der Waals surface area contributed by atoms with Crippen molar-refractivity contribution in [2.75, 3.05) is 47.0 Å². The SMILES string of the molecule is Nc1c(Nc2ccc(Cl)c(Cl)c2)ncnc1N1CCN(c2cccc(Cl)c2)CC1. The van der Waals surface area contributed by atoms with E-state index in [4.69, 9.17) is 40.5 Å². The van der Waals surface area contributed by atoms with E-state index in [-0.39, 0.29) is 0 Å². The second-order valence-corrected chi connectivity index (χ2v) is 7.92. The molecule has 1 aliphatic heterocycles. The summed E-state index contributed by atoms with van der Waals surface area (Å²) in [5.41, 5.74) is 8.74. The van der Waals surface area contributed by atoms with Gasteiger partial charge in [0.05, 0.1) is 10.0 Å². The van der Waals surface area contributed by atoms with Gasteiger partial charge in [-0.25, -0.2) is 9.97 Å². The number of rotatable bonds is 4. The van der Waals surface area contributed by atoms with Crippen molar-refractivity contribution in [3.63, 3.8) is 0 Å². The second kappa shape index (κ2) is 8.53. The van der Waals surface area contributed by atoms with Gasteiger partial charge in [0.25, 0.3) is 0 Å². The first kappa shape index (κ1) is 19.9. The van der Waals surface area contributed by atoms with E-state index in [0.717, 1.165) is 42.6 Å². The van der Waals surface area contributed by atoms with Crippen molar-refractivity contribution in [3.8, 4) is 0 Å². The van der Waals surface area contributed by atoms with E-state index in [0.29, 0.717) is 27.4 Å². The minimum atomic E-state index is 0.460. The van der Waals surface area contributed by atoms with Crippen molar-refractivity contribution < 1.29 is 0 Å². The van der Waals surface area contributed by atoms with E-state index < -0.39 is 0 Å². The minimum Gasteiger partial charge on any atom is -0.393 e. The Morgan fingerprint density at radius 1 is 0.862 bits per heavy atom. The van der Waals surface area contributed by atoms with Crippen LogP contribution in [0.1, 0.15) is 0 Å². The quantitative estimate of drug-likeness (QED) is 0.578. The topological polar surface area (TPSA) is 70.3 Å². The lowest BCUT2D eigenvalue weighted by atomic mass is 10.2. The van der Waals surface area contributed by atoms with Crippen molar-refractivity contribution in [1.82, 2.24) is 9.97 Å². The Balaban J connectivity index is 1.48. The maximum absolute atomic E-state index is 6.38. The van der Waals surface area contributed by atoms with Crippen LogP contribution in [0.2, 0.25) is 15.1 Å². The first-order valence-corrected chi connectivity index (χ1v) is 10.2. The van der Waals surface area contributed by atoms with Gasteiger partial charge in [-0.15, -0.1) is 0 Å². The van der Waals surface area contributed by atoms with Gasteiger partial charge in [-0.2, -0.15) is 0 Å². The predicted octanol–water partition coefficient (Wildman–Crippen LogP) is 5.09. The summed E-state index contributed by atoms with van der Waals surface area (Å²) in [6.07, 6.45) is 1.51. The molecule has 1 aromatic heterocycles. The predicted molar refractivity (Wildman–Crippen MR) is 122 cm³/mol. The summed E-state index contributed by atoms with van der Waals surface area (Å²) in [7, 11) is 0. The summed E-state index contributed by atoms with van der Waals surface area (Å²) >= 11 is 18.2. The molecule has 0 aliphatic carbocycles. The molecule has 9 heteroatoms. The van der Waals surface area contributed by atoms with Gasteiger partial charge in [0.2, 0.25) is 0 Å². The molecule has 150 valence electrons. The van der Waals surface area contributed by atoms with Crippen molar-refractivity contribution in [3.05, 3.63) is 63.9 Å². The van der Waals surface area contributed by atoms with Crippen molar-refractivity contribution in [1.29, 1.82) is 0 Å². The fourth-order valence-electron chi connectivity index (χ4n) is 3.30. The van der Waals surface area contributed by atoms with Crippen LogP contribution in [0.25, 0.3) is 0 Å².